The van der Waals surface area contributed by atoms with Gasteiger partial charge in [0.1, 0.15) is 11.6 Å². The summed E-state index contributed by atoms with van der Waals surface area (Å²) in [5.41, 5.74) is 0.864. The van der Waals surface area contributed by atoms with E-state index < -0.39 is 0 Å². The van der Waals surface area contributed by atoms with Crippen molar-refractivity contribution in [3.8, 4) is 5.75 Å². The molecule has 94 valence electrons. The molecule has 0 amide bonds. The average Bonchev–Trinajstić information content (AvgIpc) is 2.39. The van der Waals surface area contributed by atoms with Crippen molar-refractivity contribution >= 4 is 15.9 Å². The summed E-state index contributed by atoms with van der Waals surface area (Å²) in [6, 6.07) is 4.62. The van der Waals surface area contributed by atoms with Crippen molar-refractivity contribution in [3.63, 3.8) is 0 Å². The first-order chi connectivity index (χ1) is 8.22. The Hall–Kier alpha value is -0.610. The summed E-state index contributed by atoms with van der Waals surface area (Å²) in [5, 5.41) is 0. The highest BCUT2D eigenvalue weighted by atomic mass is 79.9. The summed E-state index contributed by atoms with van der Waals surface area (Å²) in [5.74, 6) is 0.861. The summed E-state index contributed by atoms with van der Waals surface area (Å²) in [4.78, 5) is 0.0773. The Morgan fingerprint density at radius 1 is 1.53 bits per heavy atom. The molecular formula is C13H16BrFO2. The second kappa shape index (κ2) is 5.83. The number of methoxy groups -OCH3 is 1. The van der Waals surface area contributed by atoms with E-state index in [1.165, 1.54) is 12.1 Å². The maximum atomic E-state index is 13.3. The lowest BCUT2D eigenvalue weighted by atomic mass is 9.93. The zero-order valence-electron chi connectivity index (χ0n) is 9.79. The van der Waals surface area contributed by atoms with Gasteiger partial charge in [-0.3, -0.25) is 0 Å². The highest BCUT2D eigenvalue weighted by Gasteiger charge is 2.26. The van der Waals surface area contributed by atoms with E-state index in [-0.39, 0.29) is 10.6 Å². The largest absolute Gasteiger partial charge is 0.496 e. The second-order valence-electron chi connectivity index (χ2n) is 4.27. The van der Waals surface area contributed by atoms with Crippen LogP contribution in [-0.2, 0) is 4.74 Å². The molecule has 0 spiro atoms. The molecule has 4 heteroatoms. The van der Waals surface area contributed by atoms with Crippen LogP contribution < -0.4 is 4.74 Å². The first kappa shape index (κ1) is 12.8. The molecule has 2 atom stereocenters. The number of halogens is 2. The first-order valence-corrected chi connectivity index (χ1v) is 6.69. The summed E-state index contributed by atoms with van der Waals surface area (Å²) >= 11 is 3.65. The third-order valence-electron chi connectivity index (χ3n) is 3.10. The third kappa shape index (κ3) is 2.99. The van der Waals surface area contributed by atoms with Gasteiger partial charge in [0.25, 0.3) is 0 Å². The molecule has 1 aliphatic heterocycles. The van der Waals surface area contributed by atoms with E-state index in [4.69, 9.17) is 9.47 Å². The van der Waals surface area contributed by atoms with Crippen molar-refractivity contribution < 1.29 is 13.9 Å². The highest BCUT2D eigenvalue weighted by Crippen LogP contribution is 2.40. The predicted octanol–water partition coefficient (Wildman–Crippen LogP) is 3.70. The van der Waals surface area contributed by atoms with Crippen LogP contribution in [0.4, 0.5) is 4.39 Å². The van der Waals surface area contributed by atoms with E-state index in [1.807, 2.05) is 0 Å². The minimum atomic E-state index is -0.234. The third-order valence-corrected chi connectivity index (χ3v) is 4.34. The smallest absolute Gasteiger partial charge is 0.123 e. The SMILES string of the molecule is COc1ccc(F)cc1C(Br)C1CCCOC1. The number of rotatable bonds is 3. The van der Waals surface area contributed by atoms with Crippen LogP contribution in [0.25, 0.3) is 0 Å². The zero-order valence-corrected chi connectivity index (χ0v) is 11.4. The maximum Gasteiger partial charge on any atom is 0.123 e. The molecule has 0 radical (unpaired) electrons. The molecule has 2 unspecified atom stereocenters. The summed E-state index contributed by atoms with van der Waals surface area (Å²) < 4.78 is 24.0. The van der Waals surface area contributed by atoms with Crippen LogP contribution in [-0.4, -0.2) is 20.3 Å². The number of hydrogen-bond donors (Lipinski definition) is 0. The van der Waals surface area contributed by atoms with Crippen LogP contribution in [0.1, 0.15) is 23.2 Å². The van der Waals surface area contributed by atoms with Gasteiger partial charge in [-0.25, -0.2) is 4.39 Å². The maximum absolute atomic E-state index is 13.3. The van der Waals surface area contributed by atoms with E-state index in [9.17, 15) is 4.39 Å². The Labute approximate surface area is 109 Å². The molecule has 1 aromatic rings. The second-order valence-corrected chi connectivity index (χ2v) is 5.25. The van der Waals surface area contributed by atoms with E-state index in [0.29, 0.717) is 5.92 Å². The van der Waals surface area contributed by atoms with Crippen molar-refractivity contribution in [2.75, 3.05) is 20.3 Å². The fourth-order valence-corrected chi connectivity index (χ4v) is 2.95. The van der Waals surface area contributed by atoms with Crippen molar-refractivity contribution in [2.45, 2.75) is 17.7 Å². The van der Waals surface area contributed by atoms with Crippen molar-refractivity contribution in [1.82, 2.24) is 0 Å². The van der Waals surface area contributed by atoms with E-state index in [1.54, 1.807) is 13.2 Å². The lowest BCUT2D eigenvalue weighted by Gasteiger charge is -2.27. The number of alkyl halides is 1. The van der Waals surface area contributed by atoms with Gasteiger partial charge in [0.15, 0.2) is 0 Å². The molecule has 2 nitrogen and oxygen atoms in total. The molecule has 1 heterocycles. The summed E-state index contributed by atoms with van der Waals surface area (Å²) in [6.07, 6.45) is 2.15. The Morgan fingerprint density at radius 3 is 3.00 bits per heavy atom. The normalized spacial score (nSPS) is 22.2. The first-order valence-electron chi connectivity index (χ1n) is 5.77. The zero-order chi connectivity index (χ0) is 12.3. The van der Waals surface area contributed by atoms with Gasteiger partial charge in [0.2, 0.25) is 0 Å². The van der Waals surface area contributed by atoms with Crippen LogP contribution in [0.3, 0.4) is 0 Å². The molecule has 0 saturated carbocycles. The van der Waals surface area contributed by atoms with E-state index >= 15 is 0 Å². The van der Waals surface area contributed by atoms with Crippen LogP contribution in [0, 0.1) is 11.7 Å². The number of benzene rings is 1. The molecule has 0 bridgehead atoms. The van der Waals surface area contributed by atoms with Crippen LogP contribution in [0.5, 0.6) is 5.75 Å². The van der Waals surface area contributed by atoms with Gasteiger partial charge in [0, 0.05) is 17.0 Å². The molecule has 1 aliphatic rings. The topological polar surface area (TPSA) is 18.5 Å². The molecular weight excluding hydrogens is 287 g/mol. The van der Waals surface area contributed by atoms with Gasteiger partial charge in [-0.2, -0.15) is 0 Å². The molecule has 1 aromatic carbocycles. The lowest BCUT2D eigenvalue weighted by molar-refractivity contribution is 0.0543. The van der Waals surface area contributed by atoms with E-state index in [0.717, 1.165) is 37.4 Å². The summed E-state index contributed by atoms with van der Waals surface area (Å²) in [6.45, 7) is 1.55. The molecule has 0 aromatic heterocycles. The molecule has 0 N–H and O–H groups in total. The molecule has 1 fully saturated rings. The van der Waals surface area contributed by atoms with E-state index in [2.05, 4.69) is 15.9 Å². The van der Waals surface area contributed by atoms with Gasteiger partial charge in [0.05, 0.1) is 13.7 Å². The van der Waals surface area contributed by atoms with Gasteiger partial charge in [-0.15, -0.1) is 0 Å². The van der Waals surface area contributed by atoms with Crippen LogP contribution >= 0.6 is 15.9 Å². The lowest BCUT2D eigenvalue weighted by Crippen LogP contribution is -2.21. The van der Waals surface area contributed by atoms with Crippen molar-refractivity contribution in [3.05, 3.63) is 29.6 Å². The van der Waals surface area contributed by atoms with Gasteiger partial charge in [-0.1, -0.05) is 15.9 Å². The molecule has 17 heavy (non-hydrogen) atoms. The fourth-order valence-electron chi connectivity index (χ4n) is 2.17. The fraction of sp³-hybridized carbons (Fsp3) is 0.538. The predicted molar refractivity (Wildman–Crippen MR) is 68.2 cm³/mol. The molecule has 1 saturated heterocycles. The Bertz CT molecular complexity index is 378. The monoisotopic (exact) mass is 302 g/mol. The quantitative estimate of drug-likeness (QED) is 0.793. The van der Waals surface area contributed by atoms with Crippen LogP contribution in [0.15, 0.2) is 18.2 Å². The molecule has 2 rings (SSSR count). The Balaban J connectivity index is 2.21. The summed E-state index contributed by atoms with van der Waals surface area (Å²) in [7, 11) is 1.60. The number of ether oxygens (including phenoxy) is 2. The highest BCUT2D eigenvalue weighted by molar-refractivity contribution is 9.09. The minimum Gasteiger partial charge on any atom is -0.496 e. The van der Waals surface area contributed by atoms with Crippen molar-refractivity contribution in [2.24, 2.45) is 5.92 Å². The van der Waals surface area contributed by atoms with Crippen molar-refractivity contribution in [1.29, 1.82) is 0 Å². The van der Waals surface area contributed by atoms with Gasteiger partial charge >= 0.3 is 0 Å². The average molecular weight is 303 g/mol. The number of hydrogen-bond acceptors (Lipinski definition) is 2. The Kier molecular flexibility index (Phi) is 4.40. The standard InChI is InChI=1S/C13H16BrFO2/c1-16-12-5-4-10(15)7-11(12)13(14)9-3-2-6-17-8-9/h4-5,7,9,13H,2-3,6,8H2,1H3. The van der Waals surface area contributed by atoms with Crippen LogP contribution in [0.2, 0.25) is 0 Å². The minimum absolute atomic E-state index is 0.0773. The van der Waals surface area contributed by atoms with Gasteiger partial charge in [-0.05, 0) is 37.0 Å². The Morgan fingerprint density at radius 2 is 2.35 bits per heavy atom. The van der Waals surface area contributed by atoms with Gasteiger partial charge < -0.3 is 9.47 Å². The molecule has 0 aliphatic carbocycles.